The number of carbonyl (C=O) groups excluding carboxylic acids is 3. The lowest BCUT2D eigenvalue weighted by Crippen LogP contribution is -2.35. The van der Waals surface area contributed by atoms with Gasteiger partial charge in [-0.3, -0.25) is 19.4 Å². The lowest BCUT2D eigenvalue weighted by atomic mass is 10.2. The van der Waals surface area contributed by atoms with Crippen LogP contribution < -0.4 is 16.0 Å². The minimum atomic E-state index is -0.347. The summed E-state index contributed by atoms with van der Waals surface area (Å²) in [5, 5.41) is 8.10. The zero-order valence-electron chi connectivity index (χ0n) is 16.7. The number of nitrogens with zero attached hydrogens (tertiary/aromatic N) is 1. The Morgan fingerprint density at radius 2 is 1.65 bits per heavy atom. The number of rotatable bonds is 8. The molecule has 3 aromatic rings. The van der Waals surface area contributed by atoms with Gasteiger partial charge in [-0.15, -0.1) is 0 Å². The van der Waals surface area contributed by atoms with E-state index in [0.717, 1.165) is 11.1 Å². The summed E-state index contributed by atoms with van der Waals surface area (Å²) in [6.07, 6.45) is 6.17. The van der Waals surface area contributed by atoms with Crippen molar-refractivity contribution in [3.05, 3.63) is 102 Å². The predicted octanol–water partition coefficient (Wildman–Crippen LogP) is 2.78. The number of benzene rings is 2. The molecule has 3 N–H and O–H groups in total. The van der Waals surface area contributed by atoms with Crippen LogP contribution in [0.1, 0.15) is 21.5 Å². The summed E-state index contributed by atoms with van der Waals surface area (Å²) < 4.78 is 0. The second-order valence-electron chi connectivity index (χ2n) is 6.63. The Hall–Kier alpha value is -4.26. The van der Waals surface area contributed by atoms with Crippen LogP contribution >= 0.6 is 0 Å². The highest BCUT2D eigenvalue weighted by Gasteiger charge is 2.07. The maximum atomic E-state index is 12.2. The topological polar surface area (TPSA) is 100 Å². The quantitative estimate of drug-likeness (QED) is 0.494. The number of pyridine rings is 1. The van der Waals surface area contributed by atoms with E-state index in [1.165, 1.54) is 6.08 Å². The minimum Gasteiger partial charge on any atom is -0.350 e. The molecule has 0 radical (unpaired) electrons. The van der Waals surface area contributed by atoms with Crippen molar-refractivity contribution in [1.29, 1.82) is 0 Å². The van der Waals surface area contributed by atoms with Crippen LogP contribution in [0.4, 0.5) is 5.69 Å². The van der Waals surface area contributed by atoms with Crippen LogP contribution in [0.25, 0.3) is 6.08 Å². The van der Waals surface area contributed by atoms with Gasteiger partial charge < -0.3 is 16.0 Å². The third-order valence-corrected chi connectivity index (χ3v) is 4.27. The first kappa shape index (κ1) is 21.4. The van der Waals surface area contributed by atoms with Crippen LogP contribution in [-0.4, -0.2) is 29.3 Å². The summed E-state index contributed by atoms with van der Waals surface area (Å²) in [6, 6.07) is 19.8. The van der Waals surface area contributed by atoms with Crippen LogP contribution in [-0.2, 0) is 16.1 Å². The second-order valence-corrected chi connectivity index (χ2v) is 6.63. The molecule has 7 nitrogen and oxygen atoms in total. The fourth-order valence-corrected chi connectivity index (χ4v) is 2.69. The van der Waals surface area contributed by atoms with Crippen LogP contribution in [0.3, 0.4) is 0 Å². The first-order chi connectivity index (χ1) is 15.1. The molecule has 7 heteroatoms. The second kappa shape index (κ2) is 11.1. The molecule has 1 heterocycles. The average molecular weight is 414 g/mol. The first-order valence-electron chi connectivity index (χ1n) is 9.68. The lowest BCUT2D eigenvalue weighted by molar-refractivity contribution is -0.124. The van der Waals surface area contributed by atoms with Gasteiger partial charge in [0, 0.05) is 36.3 Å². The Labute approximate surface area is 180 Å². The molecule has 0 aliphatic rings. The van der Waals surface area contributed by atoms with E-state index < -0.39 is 0 Å². The molecule has 156 valence electrons. The van der Waals surface area contributed by atoms with Crippen LogP contribution in [0, 0.1) is 0 Å². The van der Waals surface area contributed by atoms with Gasteiger partial charge in [-0.2, -0.15) is 0 Å². The third-order valence-electron chi connectivity index (χ3n) is 4.27. The molecular weight excluding hydrogens is 392 g/mol. The van der Waals surface area contributed by atoms with Gasteiger partial charge in [0.05, 0.1) is 6.54 Å². The van der Waals surface area contributed by atoms with E-state index in [9.17, 15) is 14.4 Å². The summed E-state index contributed by atoms with van der Waals surface area (Å²) in [5.74, 6) is -0.901. The normalized spacial score (nSPS) is 10.5. The summed E-state index contributed by atoms with van der Waals surface area (Å²) in [5.41, 5.74) is 2.84. The highest BCUT2D eigenvalue weighted by atomic mass is 16.2. The van der Waals surface area contributed by atoms with E-state index in [0.29, 0.717) is 11.3 Å². The number of carbonyl (C=O) groups is 3. The molecule has 0 bridgehead atoms. The van der Waals surface area contributed by atoms with E-state index in [4.69, 9.17) is 0 Å². The fourth-order valence-electron chi connectivity index (χ4n) is 2.69. The SMILES string of the molecule is O=C(/C=C/c1ccccc1)NCC(=O)NCc1cccc(NC(=O)c2ccncc2)c1. The molecule has 31 heavy (non-hydrogen) atoms. The maximum Gasteiger partial charge on any atom is 0.255 e. The zero-order chi connectivity index (χ0) is 21.9. The van der Waals surface area contributed by atoms with Gasteiger partial charge in [0.1, 0.15) is 0 Å². The maximum absolute atomic E-state index is 12.2. The summed E-state index contributed by atoms with van der Waals surface area (Å²) in [7, 11) is 0. The number of hydrogen-bond acceptors (Lipinski definition) is 4. The molecule has 0 aliphatic carbocycles. The number of hydrogen-bond donors (Lipinski definition) is 3. The van der Waals surface area contributed by atoms with Crippen molar-refractivity contribution >= 4 is 29.5 Å². The highest BCUT2D eigenvalue weighted by Crippen LogP contribution is 2.12. The Morgan fingerprint density at radius 1 is 0.871 bits per heavy atom. The first-order valence-corrected chi connectivity index (χ1v) is 9.68. The Morgan fingerprint density at radius 3 is 2.42 bits per heavy atom. The predicted molar refractivity (Wildman–Crippen MR) is 119 cm³/mol. The van der Waals surface area contributed by atoms with E-state index in [-0.39, 0.29) is 30.8 Å². The van der Waals surface area contributed by atoms with Gasteiger partial charge in [-0.1, -0.05) is 42.5 Å². The largest absolute Gasteiger partial charge is 0.350 e. The summed E-state index contributed by atoms with van der Waals surface area (Å²) in [4.78, 5) is 40.0. The molecule has 0 saturated heterocycles. The molecule has 0 saturated carbocycles. The number of anilines is 1. The highest BCUT2D eigenvalue weighted by molar-refractivity contribution is 6.04. The lowest BCUT2D eigenvalue weighted by Gasteiger charge is -2.09. The molecular formula is C24H22N4O3. The molecule has 0 atom stereocenters. The minimum absolute atomic E-state index is 0.129. The van der Waals surface area contributed by atoms with E-state index in [1.807, 2.05) is 36.4 Å². The third kappa shape index (κ3) is 7.25. The van der Waals surface area contributed by atoms with Crippen molar-refractivity contribution in [1.82, 2.24) is 15.6 Å². The van der Waals surface area contributed by atoms with Gasteiger partial charge in [0.15, 0.2) is 0 Å². The van der Waals surface area contributed by atoms with Gasteiger partial charge >= 0.3 is 0 Å². The fraction of sp³-hybridized carbons (Fsp3) is 0.0833. The van der Waals surface area contributed by atoms with Gasteiger partial charge in [0.25, 0.3) is 5.91 Å². The molecule has 0 fully saturated rings. The molecule has 0 unspecified atom stereocenters. The van der Waals surface area contributed by atoms with Crippen LogP contribution in [0.2, 0.25) is 0 Å². The van der Waals surface area contributed by atoms with Crippen molar-refractivity contribution in [2.24, 2.45) is 0 Å². The molecule has 1 aromatic heterocycles. The molecule has 3 rings (SSSR count). The van der Waals surface area contributed by atoms with E-state index in [1.54, 1.807) is 48.8 Å². The van der Waals surface area contributed by atoms with Crippen molar-refractivity contribution in [3.63, 3.8) is 0 Å². The number of amides is 3. The Kier molecular flexibility index (Phi) is 7.65. The monoisotopic (exact) mass is 414 g/mol. The molecule has 2 aromatic carbocycles. The van der Waals surface area contributed by atoms with Crippen molar-refractivity contribution in [3.8, 4) is 0 Å². The smallest absolute Gasteiger partial charge is 0.255 e. The van der Waals surface area contributed by atoms with Crippen molar-refractivity contribution < 1.29 is 14.4 Å². The van der Waals surface area contributed by atoms with Gasteiger partial charge in [-0.05, 0) is 41.5 Å². The van der Waals surface area contributed by atoms with E-state index in [2.05, 4.69) is 20.9 Å². The van der Waals surface area contributed by atoms with Gasteiger partial charge in [0.2, 0.25) is 11.8 Å². The van der Waals surface area contributed by atoms with Crippen LogP contribution in [0.5, 0.6) is 0 Å². The molecule has 0 aliphatic heterocycles. The Balaban J connectivity index is 1.44. The molecule has 3 amide bonds. The number of nitrogens with one attached hydrogen (secondary N) is 3. The summed E-state index contributed by atoms with van der Waals surface area (Å²) in [6.45, 7) is 0.143. The summed E-state index contributed by atoms with van der Waals surface area (Å²) >= 11 is 0. The Bertz CT molecular complexity index is 1070. The zero-order valence-corrected chi connectivity index (χ0v) is 16.7. The van der Waals surface area contributed by atoms with Crippen molar-refractivity contribution in [2.45, 2.75) is 6.54 Å². The van der Waals surface area contributed by atoms with E-state index >= 15 is 0 Å². The van der Waals surface area contributed by atoms with Gasteiger partial charge in [-0.25, -0.2) is 0 Å². The van der Waals surface area contributed by atoms with Crippen molar-refractivity contribution in [2.75, 3.05) is 11.9 Å². The standard InChI is InChI=1S/C24H22N4O3/c29-22(10-9-18-5-2-1-3-6-18)27-17-23(30)26-16-19-7-4-8-21(15-19)28-24(31)20-11-13-25-14-12-20/h1-15H,16-17H2,(H,26,30)(H,27,29)(H,28,31)/b10-9+. The molecule has 0 spiro atoms. The average Bonchev–Trinajstić information content (AvgIpc) is 2.81. The van der Waals surface area contributed by atoms with Crippen LogP contribution in [0.15, 0.2) is 85.2 Å². The number of aromatic nitrogens is 1.